The summed E-state index contributed by atoms with van der Waals surface area (Å²) in [5.41, 5.74) is 3.30. The maximum atomic E-state index is 14.2. The van der Waals surface area contributed by atoms with Crippen molar-refractivity contribution in [3.05, 3.63) is 95.6 Å². The number of nitrogens with one attached hydrogen (secondary N) is 1. The van der Waals surface area contributed by atoms with E-state index in [0.29, 0.717) is 12.1 Å². The summed E-state index contributed by atoms with van der Waals surface area (Å²) in [6.07, 6.45) is 5.61. The van der Waals surface area contributed by atoms with Gasteiger partial charge in [-0.05, 0) is 62.9 Å². The lowest BCUT2D eigenvalue weighted by atomic mass is 9.95. The Kier molecular flexibility index (Phi) is 10.2. The summed E-state index contributed by atoms with van der Waals surface area (Å²) in [4.78, 5) is 29.5. The van der Waals surface area contributed by atoms with Crippen LogP contribution in [-0.4, -0.2) is 43.8 Å². The first-order valence-corrected chi connectivity index (χ1v) is 15.9. The number of anilines is 1. The minimum Gasteiger partial charge on any atom is -0.352 e. The third-order valence-electron chi connectivity index (χ3n) is 7.70. The van der Waals surface area contributed by atoms with E-state index in [0.717, 1.165) is 46.7 Å². The smallest absolute Gasteiger partial charge is 0.264 e. The van der Waals surface area contributed by atoms with Gasteiger partial charge in [0, 0.05) is 12.6 Å². The molecule has 3 aromatic carbocycles. The molecule has 1 saturated carbocycles. The second-order valence-electron chi connectivity index (χ2n) is 10.9. The second-order valence-corrected chi connectivity index (χ2v) is 12.8. The van der Waals surface area contributed by atoms with Gasteiger partial charge >= 0.3 is 0 Å². The van der Waals surface area contributed by atoms with Gasteiger partial charge in [0.2, 0.25) is 11.8 Å². The molecular formula is C33H41N3O4S. The summed E-state index contributed by atoms with van der Waals surface area (Å²) in [6.45, 7) is 5.56. The van der Waals surface area contributed by atoms with Crippen molar-refractivity contribution in [2.75, 3.05) is 10.8 Å². The van der Waals surface area contributed by atoms with Gasteiger partial charge in [0.1, 0.15) is 12.6 Å². The predicted octanol–water partition coefficient (Wildman–Crippen LogP) is 5.76. The third-order valence-corrected chi connectivity index (χ3v) is 9.49. The fraction of sp³-hybridized carbons (Fsp3) is 0.394. The number of aryl methyl sites for hydroxylation is 2. The zero-order chi connectivity index (χ0) is 29.4. The highest BCUT2D eigenvalue weighted by Gasteiger charge is 2.34. The summed E-state index contributed by atoms with van der Waals surface area (Å²) in [5.74, 6) is -0.620. The van der Waals surface area contributed by atoms with Crippen LogP contribution in [-0.2, 0) is 26.2 Å². The molecule has 8 heteroatoms. The first-order chi connectivity index (χ1) is 19.7. The van der Waals surface area contributed by atoms with E-state index in [2.05, 4.69) is 5.32 Å². The van der Waals surface area contributed by atoms with Crippen LogP contribution in [0.4, 0.5) is 5.69 Å². The number of amides is 2. The van der Waals surface area contributed by atoms with Crippen molar-refractivity contribution >= 4 is 27.5 Å². The molecule has 1 aliphatic rings. The van der Waals surface area contributed by atoms with E-state index in [1.54, 1.807) is 35.2 Å². The minimum absolute atomic E-state index is 0.0979. The molecule has 218 valence electrons. The molecule has 4 rings (SSSR count). The van der Waals surface area contributed by atoms with Crippen molar-refractivity contribution < 1.29 is 18.0 Å². The second kappa shape index (κ2) is 13.8. The molecule has 0 saturated heterocycles. The van der Waals surface area contributed by atoms with E-state index in [9.17, 15) is 18.0 Å². The van der Waals surface area contributed by atoms with E-state index in [1.807, 2.05) is 57.2 Å². The van der Waals surface area contributed by atoms with Crippen molar-refractivity contribution in [2.45, 2.75) is 82.8 Å². The van der Waals surface area contributed by atoms with Crippen molar-refractivity contribution in [1.29, 1.82) is 0 Å². The van der Waals surface area contributed by atoms with Crippen LogP contribution in [0.1, 0.15) is 62.1 Å². The molecule has 3 aromatic rings. The van der Waals surface area contributed by atoms with E-state index in [4.69, 9.17) is 0 Å². The standard InChI is InChI=1S/C33H41N3O4S/c1-4-31(33(38)34-28-14-7-5-8-15-28)35(23-27-13-11-12-26(3)22-27)32(37)24-36(29-20-18-25(2)19-21-29)41(39,40)30-16-9-6-10-17-30/h6,9-13,16-22,28,31H,4-5,7-8,14-15,23-24H2,1-3H3,(H,34,38)/t31-/m1/s1. The topological polar surface area (TPSA) is 86.8 Å². The first kappa shape index (κ1) is 30.3. The van der Waals surface area contributed by atoms with Gasteiger partial charge < -0.3 is 10.2 Å². The molecule has 0 heterocycles. The average molecular weight is 576 g/mol. The van der Waals surface area contributed by atoms with E-state index in [-0.39, 0.29) is 23.4 Å². The van der Waals surface area contributed by atoms with E-state index < -0.39 is 28.5 Å². The Morgan fingerprint density at radius 1 is 0.878 bits per heavy atom. The van der Waals surface area contributed by atoms with Crippen LogP contribution in [0.5, 0.6) is 0 Å². The maximum Gasteiger partial charge on any atom is 0.264 e. The van der Waals surface area contributed by atoms with Gasteiger partial charge in [-0.15, -0.1) is 0 Å². The van der Waals surface area contributed by atoms with Crippen molar-refractivity contribution in [1.82, 2.24) is 10.2 Å². The lowest BCUT2D eigenvalue weighted by molar-refractivity contribution is -0.140. The summed E-state index contributed by atoms with van der Waals surface area (Å²) in [6, 6.07) is 22.4. The highest BCUT2D eigenvalue weighted by molar-refractivity contribution is 7.92. The third kappa shape index (κ3) is 7.76. The Bertz CT molecular complexity index is 1420. The zero-order valence-electron chi connectivity index (χ0n) is 24.3. The molecule has 7 nitrogen and oxygen atoms in total. The molecule has 0 unspecified atom stereocenters. The number of benzene rings is 3. The van der Waals surface area contributed by atoms with Gasteiger partial charge in [0.15, 0.2) is 0 Å². The highest BCUT2D eigenvalue weighted by Crippen LogP contribution is 2.25. The maximum absolute atomic E-state index is 14.2. The molecule has 0 spiro atoms. The molecule has 1 aliphatic carbocycles. The van der Waals surface area contributed by atoms with Gasteiger partial charge in [0.05, 0.1) is 10.6 Å². The summed E-state index contributed by atoms with van der Waals surface area (Å²) >= 11 is 0. The van der Waals surface area contributed by atoms with Crippen LogP contribution in [0.25, 0.3) is 0 Å². The van der Waals surface area contributed by atoms with Gasteiger partial charge in [-0.1, -0.05) is 91.9 Å². The quantitative estimate of drug-likeness (QED) is 0.315. The highest BCUT2D eigenvalue weighted by atomic mass is 32.2. The van der Waals surface area contributed by atoms with Crippen LogP contribution in [0, 0.1) is 13.8 Å². The summed E-state index contributed by atoms with van der Waals surface area (Å²) < 4.78 is 28.9. The normalized spacial score (nSPS) is 14.7. The van der Waals surface area contributed by atoms with Gasteiger partial charge in [-0.25, -0.2) is 8.42 Å². The van der Waals surface area contributed by atoms with Crippen molar-refractivity contribution in [3.63, 3.8) is 0 Å². The van der Waals surface area contributed by atoms with Gasteiger partial charge in [0.25, 0.3) is 10.0 Å². The lowest BCUT2D eigenvalue weighted by Gasteiger charge is -2.34. The van der Waals surface area contributed by atoms with E-state index in [1.165, 1.54) is 18.6 Å². The number of nitrogens with zero attached hydrogens (tertiary/aromatic N) is 2. The Morgan fingerprint density at radius 2 is 1.56 bits per heavy atom. The predicted molar refractivity (Wildman–Crippen MR) is 163 cm³/mol. The zero-order valence-corrected chi connectivity index (χ0v) is 25.1. The molecule has 2 amide bonds. The molecule has 0 bridgehead atoms. The number of rotatable bonds is 11. The molecule has 0 radical (unpaired) electrons. The Morgan fingerprint density at radius 3 is 2.20 bits per heavy atom. The Balaban J connectivity index is 1.69. The number of hydrogen-bond acceptors (Lipinski definition) is 4. The van der Waals surface area contributed by atoms with Crippen LogP contribution >= 0.6 is 0 Å². The lowest BCUT2D eigenvalue weighted by Crippen LogP contribution is -2.54. The monoisotopic (exact) mass is 575 g/mol. The Labute approximate surface area is 244 Å². The SMILES string of the molecule is CC[C@H](C(=O)NC1CCCCC1)N(Cc1cccc(C)c1)C(=O)CN(c1ccc(C)cc1)S(=O)(=O)c1ccccc1. The molecule has 0 aromatic heterocycles. The average Bonchev–Trinajstić information content (AvgIpc) is 2.97. The molecule has 1 fully saturated rings. The molecular weight excluding hydrogens is 534 g/mol. The molecule has 0 aliphatic heterocycles. The minimum atomic E-state index is -4.07. The van der Waals surface area contributed by atoms with Gasteiger partial charge in [-0.3, -0.25) is 13.9 Å². The summed E-state index contributed by atoms with van der Waals surface area (Å²) in [5, 5.41) is 3.19. The van der Waals surface area contributed by atoms with Crippen molar-refractivity contribution in [2.24, 2.45) is 0 Å². The number of carbonyl (C=O) groups is 2. The Hall–Kier alpha value is -3.65. The van der Waals surface area contributed by atoms with Crippen molar-refractivity contribution in [3.8, 4) is 0 Å². The largest absolute Gasteiger partial charge is 0.352 e. The number of sulfonamides is 1. The van der Waals surface area contributed by atoms with Crippen LogP contribution in [0.15, 0.2) is 83.8 Å². The van der Waals surface area contributed by atoms with Crippen LogP contribution in [0.3, 0.4) is 0 Å². The molecule has 1 N–H and O–H groups in total. The summed E-state index contributed by atoms with van der Waals surface area (Å²) in [7, 11) is -4.07. The fourth-order valence-corrected chi connectivity index (χ4v) is 6.87. The van der Waals surface area contributed by atoms with Gasteiger partial charge in [-0.2, -0.15) is 0 Å². The fourth-order valence-electron chi connectivity index (χ4n) is 5.43. The van der Waals surface area contributed by atoms with Crippen LogP contribution in [0.2, 0.25) is 0 Å². The first-order valence-electron chi connectivity index (χ1n) is 14.5. The van der Waals surface area contributed by atoms with E-state index >= 15 is 0 Å². The van der Waals surface area contributed by atoms with Crippen LogP contribution < -0.4 is 9.62 Å². The molecule has 1 atom stereocenters. The number of carbonyl (C=O) groups excluding carboxylic acids is 2. The molecule has 41 heavy (non-hydrogen) atoms. The number of hydrogen-bond donors (Lipinski definition) is 1.